The van der Waals surface area contributed by atoms with Crippen molar-refractivity contribution in [3.05, 3.63) is 42.2 Å². The zero-order valence-electron chi connectivity index (χ0n) is 12.0. The Morgan fingerprint density at radius 1 is 1.10 bits per heavy atom. The normalized spacial score (nSPS) is 10.0. The number of benzene rings is 1. The van der Waals surface area contributed by atoms with Gasteiger partial charge in [-0.3, -0.25) is 9.59 Å². The fourth-order valence-corrected chi connectivity index (χ4v) is 1.88. The topological polar surface area (TPSA) is 69.6 Å². The van der Waals surface area contributed by atoms with Crippen molar-refractivity contribution in [2.75, 3.05) is 19.5 Å². The largest absolute Gasteiger partial charge is 0.497 e. The maximum absolute atomic E-state index is 12.0. The Hall–Kier alpha value is -2.76. The maximum Gasteiger partial charge on any atom is 0.298 e. The van der Waals surface area contributed by atoms with Crippen LogP contribution in [0.1, 0.15) is 10.5 Å². The van der Waals surface area contributed by atoms with Crippen LogP contribution >= 0.6 is 0 Å². The van der Waals surface area contributed by atoms with Crippen LogP contribution < -0.4 is 14.8 Å². The summed E-state index contributed by atoms with van der Waals surface area (Å²) in [6.07, 6.45) is 1.70. The van der Waals surface area contributed by atoms with E-state index in [9.17, 15) is 9.59 Å². The number of amides is 1. The van der Waals surface area contributed by atoms with Crippen molar-refractivity contribution in [1.82, 2.24) is 4.57 Å². The molecular weight excluding hydrogens is 272 g/mol. The van der Waals surface area contributed by atoms with Gasteiger partial charge in [-0.15, -0.1) is 0 Å². The highest BCUT2D eigenvalue weighted by molar-refractivity contribution is 6.46. The summed E-state index contributed by atoms with van der Waals surface area (Å²) in [6.45, 7) is 0. The third-order valence-corrected chi connectivity index (χ3v) is 2.99. The molecule has 6 nitrogen and oxygen atoms in total. The molecule has 0 saturated heterocycles. The fraction of sp³-hybridized carbons (Fsp3) is 0.200. The number of ether oxygens (including phenoxy) is 2. The number of anilines is 1. The molecular formula is C15H16N2O4. The minimum absolute atomic E-state index is 0.322. The van der Waals surface area contributed by atoms with Crippen LogP contribution in [-0.2, 0) is 11.8 Å². The second kappa shape index (κ2) is 6.13. The molecule has 0 aliphatic rings. The van der Waals surface area contributed by atoms with Gasteiger partial charge in [-0.25, -0.2) is 0 Å². The van der Waals surface area contributed by atoms with Crippen LogP contribution in [-0.4, -0.2) is 30.5 Å². The number of ketones is 1. The highest BCUT2D eigenvalue weighted by Gasteiger charge is 2.19. The van der Waals surface area contributed by atoms with Gasteiger partial charge in [-0.1, -0.05) is 0 Å². The van der Waals surface area contributed by atoms with Crippen LogP contribution in [0.25, 0.3) is 0 Å². The molecule has 0 radical (unpaired) electrons. The van der Waals surface area contributed by atoms with E-state index in [4.69, 9.17) is 9.47 Å². The number of nitrogens with zero attached hydrogens (tertiary/aromatic N) is 1. The van der Waals surface area contributed by atoms with Gasteiger partial charge in [-0.05, 0) is 12.1 Å². The lowest BCUT2D eigenvalue weighted by Crippen LogP contribution is -2.24. The van der Waals surface area contributed by atoms with E-state index < -0.39 is 11.7 Å². The Balaban J connectivity index is 2.20. The summed E-state index contributed by atoms with van der Waals surface area (Å²) >= 11 is 0. The quantitative estimate of drug-likeness (QED) is 0.673. The van der Waals surface area contributed by atoms with E-state index in [-0.39, 0.29) is 0 Å². The van der Waals surface area contributed by atoms with Crippen LogP contribution in [0.3, 0.4) is 0 Å². The molecule has 21 heavy (non-hydrogen) atoms. The molecule has 0 aliphatic carbocycles. The number of nitrogens with one attached hydrogen (secondary N) is 1. The van der Waals surface area contributed by atoms with Crippen molar-refractivity contribution >= 4 is 17.4 Å². The number of rotatable bonds is 5. The van der Waals surface area contributed by atoms with Crippen molar-refractivity contribution in [1.29, 1.82) is 0 Å². The molecule has 1 aromatic heterocycles. The smallest absolute Gasteiger partial charge is 0.298 e. The average Bonchev–Trinajstić information content (AvgIpc) is 2.91. The number of carbonyl (C=O) groups is 2. The van der Waals surface area contributed by atoms with E-state index in [1.165, 1.54) is 14.2 Å². The predicted octanol–water partition coefficient (Wildman–Crippen LogP) is 1.86. The molecule has 0 bridgehead atoms. The highest BCUT2D eigenvalue weighted by Crippen LogP contribution is 2.25. The molecule has 0 aliphatic heterocycles. The van der Waals surface area contributed by atoms with E-state index in [1.807, 2.05) is 0 Å². The van der Waals surface area contributed by atoms with Gasteiger partial charge in [0.15, 0.2) is 0 Å². The second-order valence-electron chi connectivity index (χ2n) is 4.39. The Morgan fingerprint density at radius 2 is 1.71 bits per heavy atom. The number of aryl methyl sites for hydroxylation is 1. The Kier molecular flexibility index (Phi) is 4.27. The van der Waals surface area contributed by atoms with E-state index in [0.717, 1.165) is 0 Å². The number of methoxy groups -OCH3 is 2. The van der Waals surface area contributed by atoms with Crippen molar-refractivity contribution in [3.63, 3.8) is 0 Å². The van der Waals surface area contributed by atoms with Crippen molar-refractivity contribution in [2.45, 2.75) is 0 Å². The lowest BCUT2D eigenvalue weighted by molar-refractivity contribution is -0.112. The summed E-state index contributed by atoms with van der Waals surface area (Å²) in [7, 11) is 4.72. The maximum atomic E-state index is 12.0. The van der Waals surface area contributed by atoms with Crippen molar-refractivity contribution in [3.8, 4) is 11.5 Å². The molecule has 1 aromatic carbocycles. The third-order valence-electron chi connectivity index (χ3n) is 2.99. The van der Waals surface area contributed by atoms with Crippen LogP contribution in [0.4, 0.5) is 5.69 Å². The SMILES string of the molecule is COc1cc(NC(=O)C(=O)c2cccn2C)cc(OC)c1. The lowest BCUT2D eigenvalue weighted by atomic mass is 10.2. The van der Waals surface area contributed by atoms with Gasteiger partial charge in [0, 0.05) is 37.1 Å². The number of Topliss-reactive ketones (excluding diaryl/α,β-unsaturated/α-hetero) is 1. The number of hydrogen-bond acceptors (Lipinski definition) is 4. The first-order chi connectivity index (χ1) is 10.0. The molecule has 2 rings (SSSR count). The zero-order chi connectivity index (χ0) is 15.4. The molecule has 1 amide bonds. The van der Waals surface area contributed by atoms with Gasteiger partial charge in [0.25, 0.3) is 11.7 Å². The van der Waals surface area contributed by atoms with Crippen LogP contribution in [0.2, 0.25) is 0 Å². The molecule has 0 atom stereocenters. The van der Waals surface area contributed by atoms with Gasteiger partial charge in [-0.2, -0.15) is 0 Å². The van der Waals surface area contributed by atoms with Gasteiger partial charge in [0.2, 0.25) is 0 Å². The first-order valence-electron chi connectivity index (χ1n) is 6.25. The summed E-state index contributed by atoms with van der Waals surface area (Å²) in [4.78, 5) is 24.1. The first kappa shape index (κ1) is 14.6. The van der Waals surface area contributed by atoms with E-state index in [0.29, 0.717) is 22.9 Å². The zero-order valence-corrected chi connectivity index (χ0v) is 12.0. The van der Waals surface area contributed by atoms with Crippen molar-refractivity contribution < 1.29 is 19.1 Å². The van der Waals surface area contributed by atoms with E-state index >= 15 is 0 Å². The summed E-state index contributed by atoms with van der Waals surface area (Å²) in [6, 6.07) is 8.19. The van der Waals surface area contributed by atoms with Crippen LogP contribution in [0, 0.1) is 0 Å². The molecule has 110 valence electrons. The van der Waals surface area contributed by atoms with Gasteiger partial charge in [0.1, 0.15) is 11.5 Å². The molecule has 1 heterocycles. The standard InChI is InChI=1S/C15H16N2O4/c1-17-6-4-5-13(17)14(18)15(19)16-10-7-11(20-2)9-12(8-10)21-3/h4-9H,1-3H3,(H,16,19). The molecule has 2 aromatic rings. The van der Waals surface area contributed by atoms with Crippen molar-refractivity contribution in [2.24, 2.45) is 7.05 Å². The third kappa shape index (κ3) is 3.22. The van der Waals surface area contributed by atoms with Crippen LogP contribution in [0.15, 0.2) is 36.5 Å². The minimum Gasteiger partial charge on any atom is -0.497 e. The fourth-order valence-electron chi connectivity index (χ4n) is 1.88. The van der Waals surface area contributed by atoms with Gasteiger partial charge in [0.05, 0.1) is 19.9 Å². The summed E-state index contributed by atoms with van der Waals surface area (Å²) in [5.41, 5.74) is 0.751. The number of carbonyl (C=O) groups excluding carboxylic acids is 2. The average molecular weight is 288 g/mol. The second-order valence-corrected chi connectivity index (χ2v) is 4.39. The van der Waals surface area contributed by atoms with Gasteiger partial charge >= 0.3 is 0 Å². The summed E-state index contributed by atoms with van der Waals surface area (Å²) in [5, 5.41) is 2.54. The Morgan fingerprint density at radius 3 is 2.19 bits per heavy atom. The molecule has 0 fully saturated rings. The summed E-state index contributed by atoms with van der Waals surface area (Å²) in [5.74, 6) is -0.275. The summed E-state index contributed by atoms with van der Waals surface area (Å²) < 4.78 is 11.8. The molecule has 6 heteroatoms. The molecule has 0 saturated carbocycles. The van der Waals surface area contributed by atoms with Gasteiger partial charge < -0.3 is 19.4 Å². The molecule has 1 N–H and O–H groups in total. The Bertz CT molecular complexity index is 654. The molecule has 0 unspecified atom stereocenters. The number of hydrogen-bond donors (Lipinski definition) is 1. The minimum atomic E-state index is -0.716. The molecule has 0 spiro atoms. The highest BCUT2D eigenvalue weighted by atomic mass is 16.5. The Labute approximate surface area is 122 Å². The first-order valence-corrected chi connectivity index (χ1v) is 6.25. The van der Waals surface area contributed by atoms with Crippen LogP contribution in [0.5, 0.6) is 11.5 Å². The monoisotopic (exact) mass is 288 g/mol. The predicted molar refractivity (Wildman–Crippen MR) is 77.9 cm³/mol. The van der Waals surface area contributed by atoms with E-state index in [2.05, 4.69) is 5.32 Å². The lowest BCUT2D eigenvalue weighted by Gasteiger charge is -2.09. The number of aromatic nitrogens is 1. The van der Waals surface area contributed by atoms with E-state index in [1.54, 1.807) is 48.1 Å².